The van der Waals surface area contributed by atoms with Gasteiger partial charge in [0.1, 0.15) is 12.4 Å². The molecule has 5 nitrogen and oxygen atoms in total. The van der Waals surface area contributed by atoms with Crippen LogP contribution in [0.5, 0.6) is 0 Å². The number of carbonyl (C=O) groups is 2. The first-order chi connectivity index (χ1) is 8.29. The predicted octanol–water partition coefficient (Wildman–Crippen LogP) is 1.84. The standard InChI is InChI=1S/C12H9NO4/c14-7-10-1-2-11(17-10)8-16-12(15)9-3-5-13-6-4-9/h1-7H,8H2. The van der Waals surface area contributed by atoms with E-state index >= 15 is 0 Å². The van der Waals surface area contributed by atoms with Gasteiger partial charge in [0.2, 0.25) is 0 Å². The molecule has 2 aromatic heterocycles. The van der Waals surface area contributed by atoms with Crippen LogP contribution in [0.4, 0.5) is 0 Å². The maximum atomic E-state index is 11.5. The lowest BCUT2D eigenvalue weighted by Gasteiger charge is -2.01. The maximum Gasteiger partial charge on any atom is 0.338 e. The first-order valence-electron chi connectivity index (χ1n) is 4.90. The average molecular weight is 231 g/mol. The smallest absolute Gasteiger partial charge is 0.338 e. The third-order valence-electron chi connectivity index (χ3n) is 2.06. The number of carbonyl (C=O) groups excluding carboxylic acids is 2. The van der Waals surface area contributed by atoms with Crippen LogP contribution in [0.1, 0.15) is 26.7 Å². The van der Waals surface area contributed by atoms with Gasteiger partial charge in [-0.2, -0.15) is 0 Å². The fourth-order valence-electron chi connectivity index (χ4n) is 1.24. The summed E-state index contributed by atoms with van der Waals surface area (Å²) in [7, 11) is 0. The van der Waals surface area contributed by atoms with E-state index in [4.69, 9.17) is 9.15 Å². The molecule has 86 valence electrons. The lowest BCUT2D eigenvalue weighted by Crippen LogP contribution is -2.04. The van der Waals surface area contributed by atoms with Crippen LogP contribution in [0.3, 0.4) is 0 Å². The summed E-state index contributed by atoms with van der Waals surface area (Å²) in [5.74, 6) is 0.172. The summed E-state index contributed by atoms with van der Waals surface area (Å²) in [4.78, 5) is 25.7. The Morgan fingerprint density at radius 2 is 2.06 bits per heavy atom. The molecule has 0 fully saturated rings. The molecule has 2 rings (SSSR count). The van der Waals surface area contributed by atoms with Gasteiger partial charge in [0.05, 0.1) is 5.56 Å². The number of hydrogen-bond acceptors (Lipinski definition) is 5. The zero-order chi connectivity index (χ0) is 12.1. The predicted molar refractivity (Wildman–Crippen MR) is 57.5 cm³/mol. The molecule has 0 aliphatic carbocycles. The number of hydrogen-bond donors (Lipinski definition) is 0. The van der Waals surface area contributed by atoms with Gasteiger partial charge in [-0.25, -0.2) is 4.79 Å². The molecule has 17 heavy (non-hydrogen) atoms. The molecule has 0 saturated carbocycles. The van der Waals surface area contributed by atoms with E-state index in [1.807, 2.05) is 0 Å². The molecule has 0 N–H and O–H groups in total. The van der Waals surface area contributed by atoms with Gasteiger partial charge in [0.15, 0.2) is 12.0 Å². The average Bonchev–Trinajstić information content (AvgIpc) is 2.85. The summed E-state index contributed by atoms with van der Waals surface area (Å²) in [5.41, 5.74) is 0.419. The first-order valence-corrected chi connectivity index (χ1v) is 4.90. The highest BCUT2D eigenvalue weighted by Crippen LogP contribution is 2.08. The van der Waals surface area contributed by atoms with Crippen molar-refractivity contribution in [2.24, 2.45) is 0 Å². The van der Waals surface area contributed by atoms with E-state index in [2.05, 4.69) is 4.98 Å². The number of ether oxygens (including phenoxy) is 1. The van der Waals surface area contributed by atoms with E-state index in [9.17, 15) is 9.59 Å². The van der Waals surface area contributed by atoms with E-state index in [1.165, 1.54) is 18.5 Å². The third-order valence-corrected chi connectivity index (χ3v) is 2.06. The second kappa shape index (κ2) is 5.07. The number of furan rings is 1. The van der Waals surface area contributed by atoms with Crippen molar-refractivity contribution in [3.63, 3.8) is 0 Å². The van der Waals surface area contributed by atoms with Crippen LogP contribution in [-0.4, -0.2) is 17.2 Å². The molecule has 2 heterocycles. The van der Waals surface area contributed by atoms with Gasteiger partial charge in [-0.3, -0.25) is 9.78 Å². The Balaban J connectivity index is 1.94. The maximum absolute atomic E-state index is 11.5. The first kappa shape index (κ1) is 11.1. The second-order valence-electron chi connectivity index (χ2n) is 3.23. The Bertz CT molecular complexity index is 518. The molecule has 0 bridgehead atoms. The number of esters is 1. The lowest BCUT2D eigenvalue weighted by molar-refractivity contribution is 0.0444. The monoisotopic (exact) mass is 231 g/mol. The molecular weight excluding hydrogens is 222 g/mol. The molecular formula is C12H9NO4. The van der Waals surface area contributed by atoms with Crippen LogP contribution in [-0.2, 0) is 11.3 Å². The molecule has 2 aromatic rings. The number of aldehydes is 1. The van der Waals surface area contributed by atoms with Crippen LogP contribution in [0.25, 0.3) is 0 Å². The number of nitrogens with zero attached hydrogens (tertiary/aromatic N) is 1. The highest BCUT2D eigenvalue weighted by Gasteiger charge is 2.08. The van der Waals surface area contributed by atoms with Crippen LogP contribution < -0.4 is 0 Å². The highest BCUT2D eigenvalue weighted by molar-refractivity contribution is 5.89. The van der Waals surface area contributed by atoms with E-state index in [0.717, 1.165) is 0 Å². The van der Waals surface area contributed by atoms with Gasteiger partial charge in [-0.05, 0) is 24.3 Å². The van der Waals surface area contributed by atoms with Crippen LogP contribution >= 0.6 is 0 Å². The van der Waals surface area contributed by atoms with Crippen LogP contribution in [0, 0.1) is 0 Å². The number of pyridine rings is 1. The van der Waals surface area contributed by atoms with Crippen LogP contribution in [0.15, 0.2) is 41.1 Å². The van der Waals surface area contributed by atoms with Crippen molar-refractivity contribution in [1.29, 1.82) is 0 Å². The molecule has 0 aliphatic rings. The molecule has 5 heteroatoms. The molecule has 0 spiro atoms. The van der Waals surface area contributed by atoms with Gasteiger partial charge in [0.25, 0.3) is 0 Å². The summed E-state index contributed by atoms with van der Waals surface area (Å²) in [6.07, 6.45) is 3.61. The molecule has 0 atom stereocenters. The minimum absolute atomic E-state index is 0.00496. The van der Waals surface area contributed by atoms with Gasteiger partial charge in [-0.15, -0.1) is 0 Å². The lowest BCUT2D eigenvalue weighted by atomic mass is 10.3. The largest absolute Gasteiger partial charge is 0.455 e. The summed E-state index contributed by atoms with van der Waals surface area (Å²) in [5, 5.41) is 0. The zero-order valence-corrected chi connectivity index (χ0v) is 8.83. The summed E-state index contributed by atoms with van der Waals surface area (Å²) >= 11 is 0. The van der Waals surface area contributed by atoms with Gasteiger partial charge < -0.3 is 9.15 Å². The highest BCUT2D eigenvalue weighted by atomic mass is 16.5. The molecule has 0 saturated heterocycles. The summed E-state index contributed by atoms with van der Waals surface area (Å²) < 4.78 is 10.1. The molecule has 0 amide bonds. The molecule has 0 aromatic carbocycles. The Hall–Kier alpha value is -2.43. The third kappa shape index (κ3) is 2.78. The fourth-order valence-corrected chi connectivity index (χ4v) is 1.24. The molecule has 0 unspecified atom stereocenters. The van der Waals surface area contributed by atoms with Crippen molar-refractivity contribution in [1.82, 2.24) is 4.98 Å². The van der Waals surface area contributed by atoms with E-state index in [1.54, 1.807) is 18.2 Å². The van der Waals surface area contributed by atoms with E-state index in [0.29, 0.717) is 17.6 Å². The quantitative estimate of drug-likeness (QED) is 0.593. The molecule has 0 radical (unpaired) electrons. The zero-order valence-electron chi connectivity index (χ0n) is 8.83. The Morgan fingerprint density at radius 3 is 2.71 bits per heavy atom. The van der Waals surface area contributed by atoms with Crippen molar-refractivity contribution in [3.05, 3.63) is 53.7 Å². The Kier molecular flexibility index (Phi) is 3.30. The normalized spacial score (nSPS) is 9.88. The van der Waals surface area contributed by atoms with Gasteiger partial charge in [0, 0.05) is 12.4 Å². The summed E-state index contributed by atoms with van der Waals surface area (Å²) in [6, 6.07) is 6.22. The number of rotatable bonds is 4. The van der Waals surface area contributed by atoms with Gasteiger partial charge in [-0.1, -0.05) is 0 Å². The second-order valence-corrected chi connectivity index (χ2v) is 3.23. The van der Waals surface area contributed by atoms with Crippen molar-refractivity contribution in [2.45, 2.75) is 6.61 Å². The number of aromatic nitrogens is 1. The Labute approximate surface area is 97.0 Å². The Morgan fingerprint density at radius 1 is 1.29 bits per heavy atom. The minimum atomic E-state index is -0.462. The fraction of sp³-hybridized carbons (Fsp3) is 0.0833. The van der Waals surface area contributed by atoms with E-state index in [-0.39, 0.29) is 12.4 Å². The topological polar surface area (TPSA) is 69.4 Å². The van der Waals surface area contributed by atoms with Crippen molar-refractivity contribution in [3.8, 4) is 0 Å². The summed E-state index contributed by atoms with van der Waals surface area (Å²) in [6.45, 7) is -0.00496. The SMILES string of the molecule is O=Cc1ccc(COC(=O)c2ccncc2)o1. The molecule has 0 aliphatic heterocycles. The van der Waals surface area contributed by atoms with E-state index < -0.39 is 5.97 Å². The van der Waals surface area contributed by atoms with Crippen LogP contribution in [0.2, 0.25) is 0 Å². The van der Waals surface area contributed by atoms with Crippen molar-refractivity contribution < 1.29 is 18.7 Å². The van der Waals surface area contributed by atoms with Gasteiger partial charge >= 0.3 is 5.97 Å². The minimum Gasteiger partial charge on any atom is -0.455 e. The van der Waals surface area contributed by atoms with Crippen molar-refractivity contribution >= 4 is 12.3 Å². The van der Waals surface area contributed by atoms with Crippen molar-refractivity contribution in [2.75, 3.05) is 0 Å².